The van der Waals surface area contributed by atoms with Gasteiger partial charge in [0.1, 0.15) is 0 Å². The number of nitrogen functional groups attached to an aromatic ring is 1. The van der Waals surface area contributed by atoms with Crippen molar-refractivity contribution < 1.29 is 4.74 Å². The van der Waals surface area contributed by atoms with Gasteiger partial charge in [0.2, 0.25) is 0 Å². The topological polar surface area (TPSA) is 123 Å². The summed E-state index contributed by atoms with van der Waals surface area (Å²) in [6.07, 6.45) is 3.03. The number of methoxy groups -OCH3 is 1. The maximum Gasteiger partial charge on any atom is 0.0868 e. The predicted molar refractivity (Wildman–Crippen MR) is 124 cm³/mol. The molecule has 3 aromatic rings. The van der Waals surface area contributed by atoms with E-state index >= 15 is 0 Å². The highest BCUT2D eigenvalue weighted by molar-refractivity contribution is 6.16. The van der Waals surface area contributed by atoms with Gasteiger partial charge in [-0.2, -0.15) is 0 Å². The van der Waals surface area contributed by atoms with Crippen molar-refractivity contribution in [1.29, 1.82) is 10.8 Å². The number of ether oxygens (including phenoxy) is 1. The molecule has 0 fully saturated rings. The zero-order chi connectivity index (χ0) is 21.5. The highest BCUT2D eigenvalue weighted by atomic mass is 16.5. The molecule has 7 nitrogen and oxygen atoms in total. The second kappa shape index (κ2) is 9.87. The van der Waals surface area contributed by atoms with E-state index in [0.29, 0.717) is 34.8 Å². The molecule has 1 heterocycles. The van der Waals surface area contributed by atoms with Crippen LogP contribution in [-0.2, 0) is 11.3 Å². The summed E-state index contributed by atoms with van der Waals surface area (Å²) in [5, 5.41) is 23.7. The van der Waals surface area contributed by atoms with Crippen LogP contribution in [0.2, 0.25) is 0 Å². The molecule has 156 valence electrons. The van der Waals surface area contributed by atoms with Crippen LogP contribution < -0.4 is 16.4 Å². The van der Waals surface area contributed by atoms with Crippen LogP contribution in [0.5, 0.6) is 0 Å². The van der Waals surface area contributed by atoms with Crippen LogP contribution in [-0.4, -0.2) is 44.2 Å². The maximum atomic E-state index is 8.72. The second-order valence-corrected chi connectivity index (χ2v) is 6.98. The number of allylic oxidation sites excluding steroid dienone is 1. The van der Waals surface area contributed by atoms with Gasteiger partial charge in [0.15, 0.2) is 0 Å². The first-order valence-corrected chi connectivity index (χ1v) is 9.75. The Hall–Kier alpha value is -3.42. The van der Waals surface area contributed by atoms with E-state index in [9.17, 15) is 0 Å². The summed E-state index contributed by atoms with van der Waals surface area (Å²) in [5.74, 6) is 0. The largest absolute Gasteiger partial charge is 0.398 e. The predicted octanol–water partition coefficient (Wildman–Crippen LogP) is 3.11. The lowest BCUT2D eigenvalue weighted by atomic mass is 9.99. The summed E-state index contributed by atoms with van der Waals surface area (Å²) < 4.78 is 5.05. The Morgan fingerprint density at radius 1 is 1.20 bits per heavy atom. The van der Waals surface area contributed by atoms with E-state index in [0.717, 1.165) is 29.6 Å². The van der Waals surface area contributed by atoms with Crippen molar-refractivity contribution in [1.82, 2.24) is 15.6 Å². The third kappa shape index (κ3) is 4.76. The lowest BCUT2D eigenvalue weighted by molar-refractivity contribution is 0.199. The van der Waals surface area contributed by atoms with E-state index in [2.05, 4.69) is 27.8 Å². The summed E-state index contributed by atoms with van der Waals surface area (Å²) in [6.45, 7) is 2.24. The molecular weight excluding hydrogens is 376 g/mol. The molecule has 0 atom stereocenters. The van der Waals surface area contributed by atoms with Gasteiger partial charge in [-0.1, -0.05) is 12.1 Å². The lowest BCUT2D eigenvalue weighted by Crippen LogP contribution is -2.18. The molecule has 3 rings (SSSR count). The quantitative estimate of drug-likeness (QED) is 0.177. The first kappa shape index (κ1) is 21.3. The van der Waals surface area contributed by atoms with Crippen molar-refractivity contribution >= 4 is 34.1 Å². The van der Waals surface area contributed by atoms with Gasteiger partial charge in [-0.3, -0.25) is 5.41 Å². The SMILES string of the molecule is CN/C=C(\C=N)c1ccc(N)c(C(=N)c2cc3cc(CNCCOC)ccc3[nH]2)c1. The van der Waals surface area contributed by atoms with E-state index in [1.807, 2.05) is 24.3 Å². The monoisotopic (exact) mass is 404 g/mol. The molecule has 0 spiro atoms. The third-order valence-corrected chi connectivity index (χ3v) is 4.88. The molecule has 0 bridgehead atoms. The van der Waals surface area contributed by atoms with Crippen molar-refractivity contribution in [2.24, 2.45) is 0 Å². The molecule has 0 saturated heterocycles. The number of nitrogens with two attached hydrogens (primary N) is 1. The van der Waals surface area contributed by atoms with E-state index < -0.39 is 0 Å². The number of nitrogens with one attached hydrogen (secondary N) is 5. The van der Waals surface area contributed by atoms with Gasteiger partial charge >= 0.3 is 0 Å². The van der Waals surface area contributed by atoms with Crippen LogP contribution in [0.4, 0.5) is 5.69 Å². The first-order chi connectivity index (χ1) is 14.6. The number of rotatable bonds is 10. The maximum absolute atomic E-state index is 8.72. The number of hydrogen-bond acceptors (Lipinski definition) is 6. The van der Waals surface area contributed by atoms with Crippen LogP contribution in [0.15, 0.2) is 48.7 Å². The molecule has 0 unspecified atom stereocenters. The highest BCUT2D eigenvalue weighted by Gasteiger charge is 2.13. The molecule has 0 radical (unpaired) electrons. The number of aromatic nitrogens is 1. The third-order valence-electron chi connectivity index (χ3n) is 4.88. The van der Waals surface area contributed by atoms with Gasteiger partial charge in [0.25, 0.3) is 0 Å². The molecule has 1 aromatic heterocycles. The minimum atomic E-state index is 0.319. The first-order valence-electron chi connectivity index (χ1n) is 9.75. The number of benzene rings is 2. The Labute approximate surface area is 176 Å². The van der Waals surface area contributed by atoms with Gasteiger partial charge < -0.3 is 31.5 Å². The minimum Gasteiger partial charge on any atom is -0.398 e. The molecule has 7 N–H and O–H groups in total. The average molecular weight is 405 g/mol. The normalized spacial score (nSPS) is 11.6. The molecular formula is C23H28N6O. The highest BCUT2D eigenvalue weighted by Crippen LogP contribution is 2.24. The molecule has 0 saturated carbocycles. The summed E-state index contributed by atoms with van der Waals surface area (Å²) >= 11 is 0. The van der Waals surface area contributed by atoms with E-state index in [1.54, 1.807) is 26.4 Å². The Kier molecular flexibility index (Phi) is 7.00. The zero-order valence-electron chi connectivity index (χ0n) is 17.3. The van der Waals surface area contributed by atoms with Gasteiger partial charge in [-0.05, 0) is 41.5 Å². The number of hydrogen-bond donors (Lipinski definition) is 6. The second-order valence-electron chi connectivity index (χ2n) is 6.98. The van der Waals surface area contributed by atoms with Gasteiger partial charge in [-0.25, -0.2) is 0 Å². The van der Waals surface area contributed by atoms with Crippen molar-refractivity contribution in [3.05, 3.63) is 71.0 Å². The standard InChI is InChI=1S/C23H28N6O/c1-27-14-18(12-24)16-4-5-20(25)19(10-16)23(26)22-11-17-9-15(3-6-21(17)29-22)13-28-7-8-30-2/h3-6,9-12,14,24,26-29H,7-8,13,25H2,1-2H3/b18-14+,24-12?,26-23?. The summed E-state index contributed by atoms with van der Waals surface area (Å²) in [7, 11) is 3.48. The van der Waals surface area contributed by atoms with Crippen LogP contribution in [0.1, 0.15) is 22.4 Å². The number of anilines is 1. The fraction of sp³-hybridized carbons (Fsp3) is 0.217. The summed E-state index contributed by atoms with van der Waals surface area (Å²) in [6, 6.07) is 13.7. The van der Waals surface area contributed by atoms with Crippen LogP contribution in [0.3, 0.4) is 0 Å². The molecule has 0 aliphatic rings. The number of fused-ring (bicyclic) bond motifs is 1. The number of H-pyrrole nitrogens is 1. The Bertz CT molecular complexity index is 1080. The summed E-state index contributed by atoms with van der Waals surface area (Å²) in [5.41, 5.74) is 12.0. The lowest BCUT2D eigenvalue weighted by Gasteiger charge is -2.10. The van der Waals surface area contributed by atoms with Crippen LogP contribution in [0.25, 0.3) is 16.5 Å². The van der Waals surface area contributed by atoms with Gasteiger partial charge in [-0.15, -0.1) is 0 Å². The molecule has 30 heavy (non-hydrogen) atoms. The van der Waals surface area contributed by atoms with Crippen molar-refractivity contribution in [3.63, 3.8) is 0 Å². The molecule has 0 aliphatic heterocycles. The van der Waals surface area contributed by atoms with Gasteiger partial charge in [0, 0.05) is 67.4 Å². The fourth-order valence-corrected chi connectivity index (χ4v) is 3.29. The Balaban J connectivity index is 1.87. The smallest absolute Gasteiger partial charge is 0.0868 e. The van der Waals surface area contributed by atoms with Crippen molar-refractivity contribution in [2.75, 3.05) is 33.0 Å². The van der Waals surface area contributed by atoms with Gasteiger partial charge in [0.05, 0.1) is 18.0 Å². The Morgan fingerprint density at radius 2 is 2.03 bits per heavy atom. The van der Waals surface area contributed by atoms with Crippen molar-refractivity contribution in [2.45, 2.75) is 6.54 Å². The minimum absolute atomic E-state index is 0.319. The molecule has 0 aliphatic carbocycles. The van der Waals surface area contributed by atoms with Crippen LogP contribution >= 0.6 is 0 Å². The van der Waals surface area contributed by atoms with E-state index in [4.69, 9.17) is 21.3 Å². The molecule has 2 aromatic carbocycles. The molecule has 0 amide bonds. The fourth-order valence-electron chi connectivity index (χ4n) is 3.29. The average Bonchev–Trinajstić information content (AvgIpc) is 3.18. The Morgan fingerprint density at radius 3 is 2.77 bits per heavy atom. The molecule has 7 heteroatoms. The summed E-state index contributed by atoms with van der Waals surface area (Å²) in [4.78, 5) is 3.32. The van der Waals surface area contributed by atoms with Crippen molar-refractivity contribution in [3.8, 4) is 0 Å². The van der Waals surface area contributed by atoms with E-state index in [-0.39, 0.29) is 0 Å². The van der Waals surface area contributed by atoms with E-state index in [1.165, 1.54) is 11.8 Å². The zero-order valence-corrected chi connectivity index (χ0v) is 17.3. The van der Waals surface area contributed by atoms with Crippen LogP contribution in [0, 0.1) is 10.8 Å². The number of aromatic amines is 1.